The van der Waals surface area contributed by atoms with Crippen LogP contribution in [0.25, 0.3) is 11.2 Å². The van der Waals surface area contributed by atoms with Crippen LogP contribution in [0.3, 0.4) is 0 Å². The minimum Gasteiger partial charge on any atom is -0.316 e. The van der Waals surface area contributed by atoms with E-state index in [4.69, 9.17) is 0 Å². The highest BCUT2D eigenvalue weighted by molar-refractivity contribution is 7.98. The number of hydrogen-bond acceptors (Lipinski definition) is 4. The zero-order valence-electron chi connectivity index (χ0n) is 12.5. The van der Waals surface area contributed by atoms with Crippen molar-refractivity contribution >= 4 is 22.9 Å². The van der Waals surface area contributed by atoms with Gasteiger partial charge >= 0.3 is 5.69 Å². The first kappa shape index (κ1) is 14.6. The number of fused-ring (bicyclic) bond motifs is 1. The lowest BCUT2D eigenvalue weighted by molar-refractivity contribution is -0.388. The predicted molar refractivity (Wildman–Crippen MR) is 83.8 cm³/mol. The summed E-state index contributed by atoms with van der Waals surface area (Å²) in [5, 5.41) is 0.700. The predicted octanol–water partition coefficient (Wildman–Crippen LogP) is 0.0771. The molecule has 0 aromatic carbocycles. The zero-order valence-corrected chi connectivity index (χ0v) is 13.3. The normalized spacial score (nSPS) is 11.2. The number of H-pyrrole nitrogens is 1. The van der Waals surface area contributed by atoms with E-state index in [0.29, 0.717) is 22.1 Å². The van der Waals surface area contributed by atoms with Crippen molar-refractivity contribution in [1.82, 2.24) is 18.7 Å². The van der Waals surface area contributed by atoms with Gasteiger partial charge in [0.2, 0.25) is 0 Å². The number of rotatable bonds is 3. The molecule has 3 rings (SSSR count). The number of aryl methyl sites for hydroxylation is 2. The number of imidazole rings is 1. The third-order valence-electron chi connectivity index (χ3n) is 3.56. The van der Waals surface area contributed by atoms with Gasteiger partial charge in [-0.2, -0.15) is 0 Å². The van der Waals surface area contributed by atoms with Gasteiger partial charge in [-0.25, -0.2) is 14.8 Å². The number of aromatic amines is 1. The molecule has 1 N–H and O–H groups in total. The van der Waals surface area contributed by atoms with Gasteiger partial charge in [0, 0.05) is 33.3 Å². The summed E-state index contributed by atoms with van der Waals surface area (Å²) in [5.41, 5.74) is 1.20. The Bertz CT molecular complexity index is 955. The minimum atomic E-state index is -0.372. The Balaban J connectivity index is 2.07. The summed E-state index contributed by atoms with van der Waals surface area (Å²) in [5.74, 6) is 0.701. The second-order valence-corrected chi connectivity index (χ2v) is 5.95. The molecule has 0 aliphatic carbocycles. The molecule has 22 heavy (non-hydrogen) atoms. The maximum atomic E-state index is 12.3. The first-order valence-corrected chi connectivity index (χ1v) is 7.70. The topological polar surface area (TPSA) is 76.0 Å². The van der Waals surface area contributed by atoms with Crippen LogP contribution in [0.2, 0.25) is 0 Å². The Labute approximate surface area is 130 Å². The van der Waals surface area contributed by atoms with E-state index in [9.17, 15) is 9.59 Å². The van der Waals surface area contributed by atoms with Crippen LogP contribution in [0, 0.1) is 0 Å². The van der Waals surface area contributed by atoms with Crippen molar-refractivity contribution in [3.63, 3.8) is 0 Å². The molecule has 0 bridgehead atoms. The zero-order chi connectivity index (χ0) is 15.9. The molecule has 8 heteroatoms. The van der Waals surface area contributed by atoms with E-state index in [0.717, 1.165) is 10.3 Å². The van der Waals surface area contributed by atoms with Gasteiger partial charge in [0.1, 0.15) is 0 Å². The van der Waals surface area contributed by atoms with Crippen molar-refractivity contribution in [2.24, 2.45) is 21.1 Å². The Morgan fingerprint density at radius 2 is 1.91 bits per heavy atom. The number of nitrogens with zero attached hydrogens (tertiary/aromatic N) is 4. The van der Waals surface area contributed by atoms with Crippen molar-refractivity contribution in [2.45, 2.75) is 10.9 Å². The molecule has 114 valence electrons. The maximum Gasteiger partial charge on any atom is 0.332 e. The molecule has 0 amide bonds. The van der Waals surface area contributed by atoms with Crippen LogP contribution in [0.4, 0.5) is 0 Å². The Hall–Kier alpha value is -2.35. The standard InChI is InChI=1S/C14H15N5O2S/c1-17-10-11(18(2)14(21)19(3)12(10)20)16-13(17)22-8-9-6-4-5-7-15-9/h4-7H,8H2,1-3H3/p+1. The molecular weight excluding hydrogens is 302 g/mol. The van der Waals surface area contributed by atoms with Gasteiger partial charge in [0.25, 0.3) is 5.56 Å². The van der Waals surface area contributed by atoms with E-state index in [2.05, 4.69) is 9.97 Å². The maximum absolute atomic E-state index is 12.3. The monoisotopic (exact) mass is 318 g/mol. The van der Waals surface area contributed by atoms with E-state index in [-0.39, 0.29) is 11.2 Å². The summed E-state index contributed by atoms with van der Waals surface area (Å²) in [4.78, 5) is 31.9. The molecule has 0 fully saturated rings. The number of nitrogens with one attached hydrogen (secondary N) is 1. The molecule has 0 saturated heterocycles. The fourth-order valence-corrected chi connectivity index (χ4v) is 3.19. The molecule has 0 aliphatic heterocycles. The highest BCUT2D eigenvalue weighted by Gasteiger charge is 2.17. The molecule has 0 atom stereocenters. The number of aromatic nitrogens is 5. The number of thioether (sulfide) groups is 1. The lowest BCUT2D eigenvalue weighted by Gasteiger charge is -2.03. The van der Waals surface area contributed by atoms with Gasteiger partial charge in [0.05, 0.1) is 5.75 Å². The largest absolute Gasteiger partial charge is 0.332 e. The molecule has 7 nitrogen and oxygen atoms in total. The second kappa shape index (κ2) is 5.45. The van der Waals surface area contributed by atoms with Crippen LogP contribution in [0.5, 0.6) is 0 Å². The molecule has 0 radical (unpaired) electrons. The summed E-state index contributed by atoms with van der Waals surface area (Å²) in [6.07, 6.45) is 1.87. The molecule has 3 heterocycles. The molecule has 0 saturated carbocycles. The van der Waals surface area contributed by atoms with Crippen LogP contribution in [-0.2, 0) is 26.9 Å². The third kappa shape index (κ3) is 2.25. The third-order valence-corrected chi connectivity index (χ3v) is 4.64. The van der Waals surface area contributed by atoms with Crippen molar-refractivity contribution < 1.29 is 4.98 Å². The summed E-state index contributed by atoms with van der Waals surface area (Å²) in [7, 11) is 4.89. The molecular formula is C14H16N5O2S+. The Morgan fingerprint density at radius 3 is 2.59 bits per heavy atom. The van der Waals surface area contributed by atoms with Gasteiger partial charge in [-0.05, 0) is 0 Å². The van der Waals surface area contributed by atoms with Gasteiger partial charge in [-0.1, -0.05) is 17.8 Å². The minimum absolute atomic E-state index is 0.328. The van der Waals surface area contributed by atoms with Crippen molar-refractivity contribution in [2.75, 3.05) is 0 Å². The molecule has 0 spiro atoms. The van der Waals surface area contributed by atoms with Crippen LogP contribution in [0.15, 0.2) is 39.1 Å². The number of hydrogen-bond donors (Lipinski definition) is 0. The highest BCUT2D eigenvalue weighted by Crippen LogP contribution is 2.22. The first-order chi connectivity index (χ1) is 10.5. The fraction of sp³-hybridized carbons (Fsp3) is 0.286. The first-order valence-electron chi connectivity index (χ1n) is 6.71. The molecule has 0 unspecified atom stereocenters. The quantitative estimate of drug-likeness (QED) is 0.641. The lowest BCUT2D eigenvalue weighted by atomic mass is 10.4. The second-order valence-electron chi connectivity index (χ2n) is 5.01. The summed E-state index contributed by atoms with van der Waals surface area (Å²) >= 11 is 1.51. The molecule has 3 aromatic rings. The molecule has 3 aromatic heterocycles. The Kier molecular flexibility index (Phi) is 3.61. The summed E-state index contributed by atoms with van der Waals surface area (Å²) in [6, 6.07) is 5.87. The van der Waals surface area contributed by atoms with E-state index < -0.39 is 0 Å². The Morgan fingerprint density at radius 1 is 1.14 bits per heavy atom. The fourth-order valence-electron chi connectivity index (χ4n) is 2.29. The van der Waals surface area contributed by atoms with Gasteiger partial charge < -0.3 is 4.57 Å². The van der Waals surface area contributed by atoms with Crippen molar-refractivity contribution in [3.8, 4) is 0 Å². The van der Waals surface area contributed by atoms with Gasteiger partial charge in [-0.3, -0.25) is 13.9 Å². The van der Waals surface area contributed by atoms with Crippen molar-refractivity contribution in [3.05, 3.63) is 50.9 Å². The average Bonchev–Trinajstić information content (AvgIpc) is 2.87. The van der Waals surface area contributed by atoms with Crippen molar-refractivity contribution in [1.29, 1.82) is 0 Å². The summed E-state index contributed by atoms with van der Waals surface area (Å²) < 4.78 is 4.24. The van der Waals surface area contributed by atoms with E-state index in [1.807, 2.05) is 24.4 Å². The van der Waals surface area contributed by atoms with Gasteiger partial charge in [-0.15, -0.1) is 0 Å². The van der Waals surface area contributed by atoms with Gasteiger partial charge in [0.15, 0.2) is 28.2 Å². The average molecular weight is 318 g/mol. The van der Waals surface area contributed by atoms with Crippen LogP contribution in [-0.4, -0.2) is 18.7 Å². The summed E-state index contributed by atoms with van der Waals surface area (Å²) in [6.45, 7) is 0. The SMILES string of the molecule is Cn1c(=O)c2c(nc(SCc3cccc[nH+]3)n2C)n(C)c1=O. The number of pyridine rings is 1. The molecule has 0 aliphatic rings. The van der Waals surface area contributed by atoms with E-state index in [1.165, 1.54) is 23.4 Å². The smallest absolute Gasteiger partial charge is 0.316 e. The lowest BCUT2D eigenvalue weighted by Crippen LogP contribution is -2.37. The van der Waals surface area contributed by atoms with Crippen LogP contribution >= 0.6 is 11.8 Å². The van der Waals surface area contributed by atoms with E-state index in [1.54, 1.807) is 18.7 Å². The van der Waals surface area contributed by atoms with Crippen LogP contribution < -0.4 is 16.2 Å². The van der Waals surface area contributed by atoms with E-state index >= 15 is 0 Å². The van der Waals surface area contributed by atoms with Crippen LogP contribution in [0.1, 0.15) is 5.69 Å². The highest BCUT2D eigenvalue weighted by atomic mass is 32.2.